The molecule has 2 aliphatic heterocycles. The smallest absolute Gasteiger partial charge is 0.317 e. The highest BCUT2D eigenvalue weighted by molar-refractivity contribution is 5.76. The molecular formula is C25H33N3O4. The van der Waals surface area contributed by atoms with Crippen LogP contribution in [0.2, 0.25) is 0 Å². The zero-order chi connectivity index (χ0) is 22.5. The van der Waals surface area contributed by atoms with Crippen LogP contribution in [0.5, 0.6) is 11.5 Å². The molecule has 2 fully saturated rings. The van der Waals surface area contributed by atoms with Gasteiger partial charge in [-0.25, -0.2) is 4.79 Å². The summed E-state index contributed by atoms with van der Waals surface area (Å²) in [6, 6.07) is 16.1. The van der Waals surface area contributed by atoms with E-state index in [0.29, 0.717) is 38.7 Å². The van der Waals surface area contributed by atoms with Gasteiger partial charge in [-0.2, -0.15) is 0 Å². The lowest BCUT2D eigenvalue weighted by Gasteiger charge is -2.18. The largest absolute Gasteiger partial charge is 0.492 e. The summed E-state index contributed by atoms with van der Waals surface area (Å²) in [6.45, 7) is 8.85. The van der Waals surface area contributed by atoms with E-state index in [9.17, 15) is 9.90 Å². The number of β-amino-alcohol motifs (C(OH)–C–C–N with tert-alkyl or cyclic N) is 1. The summed E-state index contributed by atoms with van der Waals surface area (Å²) in [4.78, 5) is 15.5. The van der Waals surface area contributed by atoms with Crippen LogP contribution in [-0.2, 0) is 6.54 Å². The van der Waals surface area contributed by atoms with Gasteiger partial charge in [0.2, 0.25) is 0 Å². The van der Waals surface area contributed by atoms with Crippen molar-refractivity contribution in [3.05, 3.63) is 59.7 Å². The third kappa shape index (κ3) is 5.72. The van der Waals surface area contributed by atoms with Crippen molar-refractivity contribution in [2.45, 2.75) is 38.5 Å². The fourth-order valence-corrected chi connectivity index (χ4v) is 4.13. The lowest BCUT2D eigenvalue weighted by atomic mass is 10.0. The summed E-state index contributed by atoms with van der Waals surface area (Å²) < 4.78 is 11.8. The number of nitrogens with one attached hydrogen (secondary N) is 1. The number of rotatable bonds is 9. The Labute approximate surface area is 189 Å². The minimum atomic E-state index is -0.509. The van der Waals surface area contributed by atoms with Crippen molar-refractivity contribution in [2.75, 3.05) is 39.3 Å². The molecule has 0 saturated carbocycles. The number of nitrogens with zero attached hydrogens (tertiary/aromatic N) is 2. The summed E-state index contributed by atoms with van der Waals surface area (Å²) in [6.07, 6.45) is -0.740. The summed E-state index contributed by atoms with van der Waals surface area (Å²) >= 11 is 0. The standard InChI is InChI=1S/C25H33N3O4/c1-18(2)20-5-9-22(10-6-20)32-24-17-27(16-23(24)29)15-19-3-7-21(8-4-19)31-14-13-28-12-11-26-25(28)30/h3-10,18,23-24,29H,11-17H2,1-2H3,(H,26,30)/t23-,24-/m0/s1. The fourth-order valence-electron chi connectivity index (χ4n) is 4.13. The number of urea groups is 1. The molecule has 0 radical (unpaired) electrons. The number of ether oxygens (including phenoxy) is 2. The van der Waals surface area contributed by atoms with Crippen LogP contribution < -0.4 is 14.8 Å². The second kappa shape index (κ2) is 10.2. The van der Waals surface area contributed by atoms with E-state index in [0.717, 1.165) is 30.2 Å². The topological polar surface area (TPSA) is 74.3 Å². The van der Waals surface area contributed by atoms with Gasteiger partial charge in [0, 0.05) is 32.7 Å². The number of aliphatic hydroxyl groups excluding tert-OH is 1. The Morgan fingerprint density at radius 2 is 1.78 bits per heavy atom. The molecule has 0 spiro atoms. The van der Waals surface area contributed by atoms with Gasteiger partial charge in [-0.1, -0.05) is 38.1 Å². The summed E-state index contributed by atoms with van der Waals surface area (Å²) in [5.74, 6) is 2.08. The van der Waals surface area contributed by atoms with Gasteiger partial charge in [0.1, 0.15) is 30.3 Å². The minimum absolute atomic E-state index is 0.0217. The minimum Gasteiger partial charge on any atom is -0.492 e. The van der Waals surface area contributed by atoms with Crippen molar-refractivity contribution in [1.29, 1.82) is 0 Å². The molecule has 0 unspecified atom stereocenters. The van der Waals surface area contributed by atoms with E-state index in [4.69, 9.17) is 9.47 Å². The van der Waals surface area contributed by atoms with Crippen LogP contribution in [0.25, 0.3) is 0 Å². The second-order valence-corrected chi connectivity index (χ2v) is 8.85. The zero-order valence-corrected chi connectivity index (χ0v) is 18.9. The zero-order valence-electron chi connectivity index (χ0n) is 18.9. The molecule has 2 heterocycles. The van der Waals surface area contributed by atoms with E-state index < -0.39 is 6.10 Å². The molecular weight excluding hydrogens is 406 g/mol. The van der Waals surface area contributed by atoms with Crippen LogP contribution in [0.1, 0.15) is 30.9 Å². The predicted octanol–water partition coefficient (Wildman–Crippen LogP) is 2.84. The maximum absolute atomic E-state index is 11.5. The van der Waals surface area contributed by atoms with Crippen molar-refractivity contribution in [1.82, 2.24) is 15.1 Å². The molecule has 2 N–H and O–H groups in total. The Morgan fingerprint density at radius 1 is 1.06 bits per heavy atom. The Morgan fingerprint density at radius 3 is 2.44 bits per heavy atom. The maximum atomic E-state index is 11.5. The molecule has 2 atom stereocenters. The Bertz CT molecular complexity index is 885. The van der Waals surface area contributed by atoms with E-state index in [1.54, 1.807) is 4.90 Å². The average molecular weight is 440 g/mol. The number of amides is 2. The quantitative estimate of drug-likeness (QED) is 0.629. The van der Waals surface area contributed by atoms with Crippen LogP contribution in [0.3, 0.4) is 0 Å². The monoisotopic (exact) mass is 439 g/mol. The lowest BCUT2D eigenvalue weighted by Crippen LogP contribution is -2.31. The second-order valence-electron chi connectivity index (χ2n) is 8.85. The van der Waals surface area contributed by atoms with Gasteiger partial charge < -0.3 is 24.8 Å². The molecule has 172 valence electrons. The number of aliphatic hydroxyl groups is 1. The average Bonchev–Trinajstić information content (AvgIpc) is 3.34. The normalized spacial score (nSPS) is 21.2. The number of hydrogen-bond donors (Lipinski definition) is 2. The first-order valence-electron chi connectivity index (χ1n) is 11.4. The van der Waals surface area contributed by atoms with Crippen LogP contribution in [-0.4, -0.2) is 72.5 Å². The fraction of sp³-hybridized carbons (Fsp3) is 0.480. The molecule has 0 bridgehead atoms. The van der Waals surface area contributed by atoms with Crippen molar-refractivity contribution in [3.8, 4) is 11.5 Å². The highest BCUT2D eigenvalue weighted by Gasteiger charge is 2.33. The SMILES string of the molecule is CC(C)c1ccc(O[C@H]2CN(Cc3ccc(OCCN4CCNC4=O)cc3)C[C@@H]2O)cc1. The third-order valence-electron chi connectivity index (χ3n) is 6.05. The number of benzene rings is 2. The molecule has 4 rings (SSSR count). The molecule has 7 heteroatoms. The highest BCUT2D eigenvalue weighted by Crippen LogP contribution is 2.23. The lowest BCUT2D eigenvalue weighted by molar-refractivity contribution is 0.0736. The van der Waals surface area contributed by atoms with Crippen molar-refractivity contribution in [3.63, 3.8) is 0 Å². The first-order chi connectivity index (χ1) is 15.5. The van der Waals surface area contributed by atoms with Gasteiger partial charge in [-0.05, 0) is 41.3 Å². The van der Waals surface area contributed by atoms with E-state index in [-0.39, 0.29) is 12.1 Å². The molecule has 32 heavy (non-hydrogen) atoms. The number of carbonyl (C=O) groups excluding carboxylic acids is 1. The Hall–Kier alpha value is -2.77. The molecule has 7 nitrogen and oxygen atoms in total. The number of likely N-dealkylation sites (tertiary alicyclic amines) is 1. The predicted molar refractivity (Wildman–Crippen MR) is 123 cm³/mol. The summed E-state index contributed by atoms with van der Waals surface area (Å²) in [7, 11) is 0. The molecule has 2 aliphatic rings. The highest BCUT2D eigenvalue weighted by atomic mass is 16.5. The van der Waals surface area contributed by atoms with Crippen molar-refractivity contribution < 1.29 is 19.4 Å². The van der Waals surface area contributed by atoms with E-state index in [1.807, 2.05) is 36.4 Å². The van der Waals surface area contributed by atoms with Gasteiger partial charge in [0.15, 0.2) is 0 Å². The van der Waals surface area contributed by atoms with Crippen molar-refractivity contribution >= 4 is 6.03 Å². The van der Waals surface area contributed by atoms with Crippen LogP contribution in [0.4, 0.5) is 4.79 Å². The molecule has 2 saturated heterocycles. The maximum Gasteiger partial charge on any atom is 0.317 e. The Kier molecular flexibility index (Phi) is 7.17. The third-order valence-corrected chi connectivity index (χ3v) is 6.05. The van der Waals surface area contributed by atoms with E-state index >= 15 is 0 Å². The summed E-state index contributed by atoms with van der Waals surface area (Å²) in [5.41, 5.74) is 2.44. The molecule has 0 aromatic heterocycles. The van der Waals surface area contributed by atoms with Crippen LogP contribution >= 0.6 is 0 Å². The van der Waals surface area contributed by atoms with Gasteiger partial charge >= 0.3 is 6.03 Å². The number of hydrogen-bond acceptors (Lipinski definition) is 5. The molecule has 2 aromatic rings. The van der Waals surface area contributed by atoms with E-state index in [1.165, 1.54) is 5.56 Å². The first kappa shape index (κ1) is 22.4. The summed E-state index contributed by atoms with van der Waals surface area (Å²) in [5, 5.41) is 13.3. The van der Waals surface area contributed by atoms with Gasteiger partial charge in [-0.15, -0.1) is 0 Å². The van der Waals surface area contributed by atoms with Crippen molar-refractivity contribution in [2.24, 2.45) is 0 Å². The van der Waals surface area contributed by atoms with Gasteiger partial charge in [0.05, 0.1) is 6.54 Å². The van der Waals surface area contributed by atoms with Gasteiger partial charge in [0.25, 0.3) is 0 Å². The molecule has 2 aromatic carbocycles. The van der Waals surface area contributed by atoms with Crippen LogP contribution in [0.15, 0.2) is 48.5 Å². The first-order valence-corrected chi connectivity index (χ1v) is 11.4. The van der Waals surface area contributed by atoms with Crippen LogP contribution in [0, 0.1) is 0 Å². The van der Waals surface area contributed by atoms with Gasteiger partial charge in [-0.3, -0.25) is 4.90 Å². The molecule has 0 aliphatic carbocycles. The molecule has 2 amide bonds. The Balaban J connectivity index is 1.23. The number of carbonyl (C=O) groups is 1. The van der Waals surface area contributed by atoms with E-state index in [2.05, 4.69) is 36.2 Å².